The number of carbonyl (C=O) groups excluding carboxylic acids is 1. The zero-order chi connectivity index (χ0) is 12.7. The van der Waals surface area contributed by atoms with Crippen molar-refractivity contribution in [3.05, 3.63) is 28.8 Å². The van der Waals surface area contributed by atoms with E-state index in [2.05, 4.69) is 5.32 Å². The maximum Gasteiger partial charge on any atom is 0.257 e. The lowest BCUT2D eigenvalue weighted by atomic mass is 10.1. The van der Waals surface area contributed by atoms with E-state index in [9.17, 15) is 4.79 Å². The fraction of sp³-hybridized carbons (Fsp3) is 0.417. The molecular weight excluding hydrogens is 240 g/mol. The van der Waals surface area contributed by atoms with E-state index in [4.69, 9.17) is 22.1 Å². The number of carbonyl (C=O) groups is 1. The van der Waals surface area contributed by atoms with Gasteiger partial charge in [-0.2, -0.15) is 0 Å². The van der Waals surface area contributed by atoms with Gasteiger partial charge >= 0.3 is 0 Å². The van der Waals surface area contributed by atoms with E-state index < -0.39 is 0 Å². The van der Waals surface area contributed by atoms with Crippen molar-refractivity contribution in [3.63, 3.8) is 0 Å². The normalized spacial score (nSPS) is 10.1. The molecular formula is C12H17ClN2O2. The number of benzene rings is 1. The average Bonchev–Trinajstić information content (AvgIpc) is 2.29. The molecule has 0 saturated heterocycles. The Morgan fingerprint density at radius 1 is 1.53 bits per heavy atom. The standard InChI is InChI=1S/C12H17ClN2O2/c1-2-15-11(16)8-17-12-9(6-7-14)4-3-5-10(12)13/h3-5H,2,6-8,14H2,1H3,(H,15,16). The van der Waals surface area contributed by atoms with Gasteiger partial charge in [0.15, 0.2) is 6.61 Å². The molecule has 4 nitrogen and oxygen atoms in total. The van der Waals surface area contributed by atoms with Crippen LogP contribution in [0.1, 0.15) is 12.5 Å². The van der Waals surface area contributed by atoms with E-state index >= 15 is 0 Å². The molecule has 0 aromatic heterocycles. The zero-order valence-electron chi connectivity index (χ0n) is 9.83. The number of rotatable bonds is 6. The lowest BCUT2D eigenvalue weighted by Crippen LogP contribution is -2.28. The Morgan fingerprint density at radius 2 is 2.29 bits per heavy atom. The molecule has 1 rings (SSSR count). The summed E-state index contributed by atoms with van der Waals surface area (Å²) in [5.74, 6) is 0.386. The number of halogens is 1. The Labute approximate surface area is 106 Å². The Bertz CT molecular complexity index is 383. The fourth-order valence-corrected chi connectivity index (χ4v) is 1.70. The highest BCUT2D eigenvalue weighted by Crippen LogP contribution is 2.28. The lowest BCUT2D eigenvalue weighted by Gasteiger charge is -2.12. The van der Waals surface area contributed by atoms with Gasteiger partial charge in [0.1, 0.15) is 5.75 Å². The second-order valence-electron chi connectivity index (χ2n) is 3.51. The number of hydrogen-bond donors (Lipinski definition) is 2. The van der Waals surface area contributed by atoms with Crippen molar-refractivity contribution in [3.8, 4) is 5.75 Å². The molecule has 3 N–H and O–H groups in total. The van der Waals surface area contributed by atoms with Crippen LogP contribution in [0.25, 0.3) is 0 Å². The summed E-state index contributed by atoms with van der Waals surface area (Å²) in [6, 6.07) is 5.47. The van der Waals surface area contributed by atoms with Crippen LogP contribution in [0.4, 0.5) is 0 Å². The third kappa shape index (κ3) is 4.24. The highest BCUT2D eigenvalue weighted by atomic mass is 35.5. The molecule has 0 aliphatic carbocycles. The van der Waals surface area contributed by atoms with Gasteiger partial charge in [0.2, 0.25) is 0 Å². The van der Waals surface area contributed by atoms with Gasteiger partial charge in [0.05, 0.1) is 5.02 Å². The first-order chi connectivity index (χ1) is 8.19. The topological polar surface area (TPSA) is 64.3 Å². The smallest absolute Gasteiger partial charge is 0.257 e. The van der Waals surface area contributed by atoms with Gasteiger partial charge in [-0.05, 0) is 31.5 Å². The largest absolute Gasteiger partial charge is 0.482 e. The van der Waals surface area contributed by atoms with Crippen molar-refractivity contribution in [2.24, 2.45) is 5.73 Å². The molecule has 0 spiro atoms. The Balaban J connectivity index is 2.71. The number of amides is 1. The van der Waals surface area contributed by atoms with E-state index in [-0.39, 0.29) is 12.5 Å². The van der Waals surface area contributed by atoms with Gasteiger partial charge in [-0.3, -0.25) is 4.79 Å². The molecule has 0 unspecified atom stereocenters. The molecule has 0 saturated carbocycles. The first-order valence-corrected chi connectivity index (χ1v) is 5.93. The third-order valence-electron chi connectivity index (χ3n) is 2.18. The predicted molar refractivity (Wildman–Crippen MR) is 68.4 cm³/mol. The van der Waals surface area contributed by atoms with Crippen LogP contribution in [0.3, 0.4) is 0 Å². The fourth-order valence-electron chi connectivity index (χ4n) is 1.45. The highest BCUT2D eigenvalue weighted by molar-refractivity contribution is 6.32. The monoisotopic (exact) mass is 256 g/mol. The Hall–Kier alpha value is -1.26. The van der Waals surface area contributed by atoms with Crippen LogP contribution in [0.15, 0.2) is 18.2 Å². The van der Waals surface area contributed by atoms with E-state index in [0.29, 0.717) is 30.3 Å². The molecule has 0 atom stereocenters. The van der Waals surface area contributed by atoms with Crippen LogP contribution in [0, 0.1) is 0 Å². The van der Waals surface area contributed by atoms with Gasteiger partial charge in [-0.1, -0.05) is 23.7 Å². The molecule has 0 aliphatic rings. The number of ether oxygens (including phenoxy) is 1. The Morgan fingerprint density at radius 3 is 2.94 bits per heavy atom. The van der Waals surface area contributed by atoms with Gasteiger partial charge in [-0.25, -0.2) is 0 Å². The summed E-state index contributed by atoms with van der Waals surface area (Å²) in [5, 5.41) is 3.16. The first kappa shape index (κ1) is 13.8. The van der Waals surface area contributed by atoms with Crippen LogP contribution < -0.4 is 15.8 Å². The van der Waals surface area contributed by atoms with Crippen molar-refractivity contribution in [2.75, 3.05) is 19.7 Å². The van der Waals surface area contributed by atoms with Crippen LogP contribution in [0.2, 0.25) is 5.02 Å². The molecule has 1 aromatic rings. The highest BCUT2D eigenvalue weighted by Gasteiger charge is 2.09. The van der Waals surface area contributed by atoms with Crippen molar-refractivity contribution in [1.82, 2.24) is 5.32 Å². The average molecular weight is 257 g/mol. The molecule has 0 heterocycles. The second kappa shape index (κ2) is 7.14. The summed E-state index contributed by atoms with van der Waals surface area (Å²) in [7, 11) is 0. The van der Waals surface area contributed by atoms with Crippen LogP contribution >= 0.6 is 11.6 Å². The predicted octanol–water partition coefficient (Wildman–Crippen LogP) is 1.36. The van der Waals surface area contributed by atoms with Crippen molar-refractivity contribution < 1.29 is 9.53 Å². The van der Waals surface area contributed by atoms with E-state index in [1.807, 2.05) is 19.1 Å². The summed E-state index contributed by atoms with van der Waals surface area (Å²) < 4.78 is 5.44. The summed E-state index contributed by atoms with van der Waals surface area (Å²) in [5.41, 5.74) is 6.43. The van der Waals surface area contributed by atoms with Gasteiger partial charge < -0.3 is 15.8 Å². The summed E-state index contributed by atoms with van der Waals surface area (Å²) >= 11 is 6.03. The SMILES string of the molecule is CCNC(=O)COc1c(Cl)cccc1CCN. The quantitative estimate of drug-likeness (QED) is 0.808. The molecule has 0 radical (unpaired) electrons. The number of nitrogens with two attached hydrogens (primary N) is 1. The molecule has 1 aromatic carbocycles. The van der Waals surface area contributed by atoms with Crippen molar-refractivity contribution >= 4 is 17.5 Å². The van der Waals surface area contributed by atoms with Crippen LogP contribution in [-0.2, 0) is 11.2 Å². The number of hydrogen-bond acceptors (Lipinski definition) is 3. The van der Waals surface area contributed by atoms with Gasteiger partial charge in [0.25, 0.3) is 5.91 Å². The minimum Gasteiger partial charge on any atom is -0.482 e. The summed E-state index contributed by atoms with van der Waals surface area (Å²) in [4.78, 5) is 11.3. The minimum atomic E-state index is -0.161. The molecule has 0 aliphatic heterocycles. The Kier molecular flexibility index (Phi) is 5.80. The maximum absolute atomic E-state index is 11.3. The molecule has 5 heteroatoms. The molecule has 0 bridgehead atoms. The molecule has 0 fully saturated rings. The molecule has 17 heavy (non-hydrogen) atoms. The zero-order valence-corrected chi connectivity index (χ0v) is 10.6. The lowest BCUT2D eigenvalue weighted by molar-refractivity contribution is -0.122. The number of nitrogens with one attached hydrogen (secondary N) is 1. The summed E-state index contributed by atoms with van der Waals surface area (Å²) in [6.07, 6.45) is 0.672. The van der Waals surface area contributed by atoms with E-state index in [0.717, 1.165) is 5.56 Å². The van der Waals surface area contributed by atoms with E-state index in [1.54, 1.807) is 6.07 Å². The summed E-state index contributed by atoms with van der Waals surface area (Å²) in [6.45, 7) is 2.92. The van der Waals surface area contributed by atoms with Crippen molar-refractivity contribution in [1.29, 1.82) is 0 Å². The maximum atomic E-state index is 11.3. The first-order valence-electron chi connectivity index (χ1n) is 5.56. The number of para-hydroxylation sites is 1. The second-order valence-corrected chi connectivity index (χ2v) is 3.92. The third-order valence-corrected chi connectivity index (χ3v) is 2.48. The molecule has 94 valence electrons. The van der Waals surface area contributed by atoms with E-state index in [1.165, 1.54) is 0 Å². The van der Waals surface area contributed by atoms with Gasteiger partial charge in [0, 0.05) is 6.54 Å². The molecule has 1 amide bonds. The van der Waals surface area contributed by atoms with Gasteiger partial charge in [-0.15, -0.1) is 0 Å². The minimum absolute atomic E-state index is 0.0326. The van der Waals surface area contributed by atoms with Crippen LogP contribution in [-0.4, -0.2) is 25.6 Å². The van der Waals surface area contributed by atoms with Crippen LogP contribution in [0.5, 0.6) is 5.75 Å². The number of likely N-dealkylation sites (N-methyl/N-ethyl adjacent to an activating group) is 1. The van der Waals surface area contributed by atoms with Crippen molar-refractivity contribution in [2.45, 2.75) is 13.3 Å².